The van der Waals surface area contributed by atoms with E-state index in [1.165, 1.54) is 0 Å². The second kappa shape index (κ2) is 5.84. The van der Waals surface area contributed by atoms with E-state index in [-0.39, 0.29) is 19.1 Å². The molecule has 0 unspecified atom stereocenters. The van der Waals surface area contributed by atoms with Crippen LogP contribution in [0.25, 0.3) is 0 Å². The van der Waals surface area contributed by atoms with Crippen molar-refractivity contribution in [1.82, 2.24) is 5.32 Å². The number of aliphatic hydroxyl groups excluding tert-OH is 2. The van der Waals surface area contributed by atoms with Gasteiger partial charge < -0.3 is 21.3 Å². The van der Waals surface area contributed by atoms with Crippen LogP contribution in [0, 0.1) is 6.92 Å². The molecule has 5 heteroatoms. The van der Waals surface area contributed by atoms with Gasteiger partial charge in [-0.05, 0) is 37.1 Å². The molecule has 0 fully saturated rings. The van der Waals surface area contributed by atoms with Crippen molar-refractivity contribution in [3.05, 3.63) is 29.3 Å². The number of nitrogens with one attached hydrogen (secondary N) is 1. The van der Waals surface area contributed by atoms with Crippen LogP contribution >= 0.6 is 0 Å². The number of aryl methyl sites for hydroxylation is 1. The summed E-state index contributed by atoms with van der Waals surface area (Å²) >= 11 is 0. The fraction of sp³-hybridized carbons (Fsp3) is 0.462. The van der Waals surface area contributed by atoms with Crippen LogP contribution in [0.15, 0.2) is 18.2 Å². The monoisotopic (exact) mass is 252 g/mol. The molecule has 5 nitrogen and oxygen atoms in total. The fourth-order valence-electron chi connectivity index (χ4n) is 1.69. The van der Waals surface area contributed by atoms with Crippen molar-refractivity contribution in [2.45, 2.75) is 25.8 Å². The van der Waals surface area contributed by atoms with Crippen LogP contribution in [-0.4, -0.2) is 34.9 Å². The smallest absolute Gasteiger partial charge is 0.252 e. The Hall–Kier alpha value is -1.59. The maximum absolute atomic E-state index is 12.1. The molecule has 0 aromatic heterocycles. The molecular weight excluding hydrogens is 232 g/mol. The Balaban J connectivity index is 2.94. The summed E-state index contributed by atoms with van der Waals surface area (Å²) in [6.45, 7) is 2.97. The number of hydrogen-bond acceptors (Lipinski definition) is 4. The predicted octanol–water partition coefficient (Wildman–Crippen LogP) is 0.440. The molecule has 1 aromatic carbocycles. The molecule has 0 saturated carbocycles. The highest BCUT2D eigenvalue weighted by Crippen LogP contribution is 2.15. The number of rotatable bonds is 5. The lowest BCUT2D eigenvalue weighted by Gasteiger charge is -2.30. The molecule has 1 aromatic rings. The fourth-order valence-corrected chi connectivity index (χ4v) is 1.69. The third kappa shape index (κ3) is 3.00. The summed E-state index contributed by atoms with van der Waals surface area (Å²) in [6.07, 6.45) is 0.444. The molecule has 0 bridgehead atoms. The van der Waals surface area contributed by atoms with E-state index in [1.54, 1.807) is 32.0 Å². The van der Waals surface area contributed by atoms with Crippen LogP contribution in [0.1, 0.15) is 29.3 Å². The lowest BCUT2D eigenvalue weighted by Crippen LogP contribution is -2.53. The van der Waals surface area contributed by atoms with Gasteiger partial charge in [0, 0.05) is 11.3 Å². The van der Waals surface area contributed by atoms with Crippen LogP contribution < -0.4 is 11.1 Å². The van der Waals surface area contributed by atoms with E-state index in [1.807, 2.05) is 0 Å². The third-order valence-corrected chi connectivity index (χ3v) is 3.16. The summed E-state index contributed by atoms with van der Waals surface area (Å²) in [6, 6.07) is 4.99. The molecule has 0 spiro atoms. The number of nitrogen functional groups attached to an aromatic ring is 1. The molecule has 18 heavy (non-hydrogen) atoms. The second-order valence-corrected chi connectivity index (χ2v) is 4.48. The van der Waals surface area contributed by atoms with Gasteiger partial charge >= 0.3 is 0 Å². The van der Waals surface area contributed by atoms with Crippen molar-refractivity contribution in [3.63, 3.8) is 0 Å². The van der Waals surface area contributed by atoms with E-state index < -0.39 is 5.54 Å². The first-order valence-corrected chi connectivity index (χ1v) is 5.88. The maximum atomic E-state index is 12.1. The number of nitrogens with two attached hydrogens (primary N) is 1. The Morgan fingerprint density at radius 2 is 2.00 bits per heavy atom. The highest BCUT2D eigenvalue weighted by atomic mass is 16.3. The quantitative estimate of drug-likeness (QED) is 0.572. The van der Waals surface area contributed by atoms with Crippen molar-refractivity contribution in [1.29, 1.82) is 0 Å². The molecule has 0 aliphatic carbocycles. The van der Waals surface area contributed by atoms with Gasteiger partial charge in [0.05, 0.1) is 18.8 Å². The molecule has 0 atom stereocenters. The Morgan fingerprint density at radius 3 is 2.44 bits per heavy atom. The molecular formula is C13H20N2O3. The Labute approximate surface area is 107 Å². The minimum absolute atomic E-state index is 0.306. The van der Waals surface area contributed by atoms with Gasteiger partial charge in [-0.15, -0.1) is 0 Å². The average Bonchev–Trinajstić information content (AvgIpc) is 2.36. The van der Waals surface area contributed by atoms with E-state index in [0.29, 0.717) is 17.7 Å². The zero-order valence-electron chi connectivity index (χ0n) is 10.7. The molecule has 1 amide bonds. The highest BCUT2D eigenvalue weighted by molar-refractivity contribution is 5.96. The number of carbonyl (C=O) groups is 1. The number of anilines is 1. The van der Waals surface area contributed by atoms with Gasteiger partial charge in [-0.3, -0.25) is 4.79 Å². The second-order valence-electron chi connectivity index (χ2n) is 4.48. The Kier molecular flexibility index (Phi) is 4.69. The zero-order valence-corrected chi connectivity index (χ0v) is 10.7. The van der Waals surface area contributed by atoms with E-state index in [0.717, 1.165) is 5.56 Å². The topological polar surface area (TPSA) is 95.6 Å². The number of benzene rings is 1. The van der Waals surface area contributed by atoms with E-state index in [4.69, 9.17) is 5.73 Å². The van der Waals surface area contributed by atoms with Crippen molar-refractivity contribution in [2.24, 2.45) is 0 Å². The van der Waals surface area contributed by atoms with Crippen LogP contribution in [0.4, 0.5) is 5.69 Å². The van der Waals surface area contributed by atoms with Crippen LogP contribution in [-0.2, 0) is 0 Å². The Morgan fingerprint density at radius 1 is 1.39 bits per heavy atom. The lowest BCUT2D eigenvalue weighted by atomic mass is 9.97. The zero-order chi connectivity index (χ0) is 13.8. The number of amides is 1. The van der Waals surface area contributed by atoms with Gasteiger partial charge in [0.15, 0.2) is 0 Å². The first kappa shape index (κ1) is 14.5. The van der Waals surface area contributed by atoms with Gasteiger partial charge in [0.2, 0.25) is 0 Å². The van der Waals surface area contributed by atoms with Crippen molar-refractivity contribution < 1.29 is 15.0 Å². The molecule has 1 rings (SSSR count). The normalized spacial score (nSPS) is 11.3. The first-order valence-electron chi connectivity index (χ1n) is 5.88. The number of hydrogen-bond donors (Lipinski definition) is 4. The summed E-state index contributed by atoms with van der Waals surface area (Å²) in [5.74, 6) is -0.322. The summed E-state index contributed by atoms with van der Waals surface area (Å²) < 4.78 is 0. The minimum Gasteiger partial charge on any atom is -0.399 e. The number of carbonyl (C=O) groups excluding carboxylic acids is 1. The molecule has 5 N–H and O–H groups in total. The summed E-state index contributed by atoms with van der Waals surface area (Å²) in [5.41, 5.74) is 6.48. The van der Waals surface area contributed by atoms with E-state index in [9.17, 15) is 15.0 Å². The standard InChI is InChI=1S/C13H20N2O3/c1-3-13(7-16,8-17)15-12(18)11-5-4-10(14)6-9(11)2/h4-6,16-17H,3,7-8,14H2,1-2H3,(H,15,18). The van der Waals surface area contributed by atoms with Gasteiger partial charge in [-0.1, -0.05) is 6.92 Å². The van der Waals surface area contributed by atoms with Gasteiger partial charge in [-0.2, -0.15) is 0 Å². The highest BCUT2D eigenvalue weighted by Gasteiger charge is 2.29. The molecule has 0 radical (unpaired) electrons. The Bertz CT molecular complexity index is 420. The molecule has 0 heterocycles. The molecule has 0 aliphatic rings. The van der Waals surface area contributed by atoms with E-state index in [2.05, 4.69) is 5.32 Å². The van der Waals surface area contributed by atoms with Crippen molar-refractivity contribution in [2.75, 3.05) is 18.9 Å². The third-order valence-electron chi connectivity index (χ3n) is 3.16. The molecule has 100 valence electrons. The summed E-state index contributed by atoms with van der Waals surface area (Å²) in [7, 11) is 0. The minimum atomic E-state index is -0.981. The average molecular weight is 252 g/mol. The van der Waals surface area contributed by atoms with E-state index >= 15 is 0 Å². The van der Waals surface area contributed by atoms with Gasteiger partial charge in [-0.25, -0.2) is 0 Å². The van der Waals surface area contributed by atoms with Crippen LogP contribution in [0.5, 0.6) is 0 Å². The van der Waals surface area contributed by atoms with Gasteiger partial charge in [0.25, 0.3) is 5.91 Å². The maximum Gasteiger partial charge on any atom is 0.252 e. The van der Waals surface area contributed by atoms with Crippen LogP contribution in [0.3, 0.4) is 0 Å². The van der Waals surface area contributed by atoms with Crippen molar-refractivity contribution >= 4 is 11.6 Å². The molecule has 0 aliphatic heterocycles. The van der Waals surface area contributed by atoms with Gasteiger partial charge in [0.1, 0.15) is 0 Å². The van der Waals surface area contributed by atoms with Crippen LogP contribution in [0.2, 0.25) is 0 Å². The van der Waals surface area contributed by atoms with Crippen molar-refractivity contribution in [3.8, 4) is 0 Å². The number of aliphatic hydroxyl groups is 2. The molecule has 0 saturated heterocycles. The predicted molar refractivity (Wildman–Crippen MR) is 70.3 cm³/mol. The summed E-state index contributed by atoms with van der Waals surface area (Å²) in [5, 5.41) is 21.3. The first-order chi connectivity index (χ1) is 8.48. The summed E-state index contributed by atoms with van der Waals surface area (Å²) in [4.78, 5) is 12.1. The lowest BCUT2D eigenvalue weighted by molar-refractivity contribution is 0.0652. The largest absolute Gasteiger partial charge is 0.399 e. The SMILES string of the molecule is CCC(CO)(CO)NC(=O)c1ccc(N)cc1C.